The van der Waals surface area contributed by atoms with Crippen LogP contribution in [0.1, 0.15) is 40.2 Å². The maximum absolute atomic E-state index is 13.0. The molecule has 1 atom stereocenters. The van der Waals surface area contributed by atoms with Crippen molar-refractivity contribution in [3.63, 3.8) is 0 Å². The smallest absolute Gasteiger partial charge is 0.257 e. The second-order valence-corrected chi connectivity index (χ2v) is 8.93. The number of nitrogens with one attached hydrogen (secondary N) is 3. The highest BCUT2D eigenvalue weighted by atomic mass is 32.2. The summed E-state index contributed by atoms with van der Waals surface area (Å²) in [5.41, 5.74) is 4.70. The number of fused-ring (bicyclic) bond motifs is 1. The number of carbonyl (C=O) groups excluding carboxylic acids is 2. The Morgan fingerprint density at radius 1 is 1.12 bits per heavy atom. The summed E-state index contributed by atoms with van der Waals surface area (Å²) < 4.78 is 0. The molecule has 1 aromatic heterocycles. The fourth-order valence-corrected chi connectivity index (χ4v) is 4.67. The normalized spacial score (nSPS) is 15.1. The highest BCUT2D eigenvalue weighted by Gasteiger charge is 2.35. The number of aromatic nitrogens is 2. The van der Waals surface area contributed by atoms with Crippen molar-refractivity contribution in [2.24, 2.45) is 0 Å². The van der Waals surface area contributed by atoms with Gasteiger partial charge in [0.25, 0.3) is 5.56 Å². The van der Waals surface area contributed by atoms with E-state index in [-0.39, 0.29) is 23.7 Å². The van der Waals surface area contributed by atoms with Gasteiger partial charge in [0.2, 0.25) is 11.8 Å². The Morgan fingerprint density at radius 2 is 1.91 bits per heavy atom. The van der Waals surface area contributed by atoms with Gasteiger partial charge in [-0.3, -0.25) is 14.4 Å². The highest BCUT2D eigenvalue weighted by molar-refractivity contribution is 7.98. The molecule has 4 rings (SSSR count). The molecule has 0 saturated heterocycles. The van der Waals surface area contributed by atoms with E-state index in [4.69, 9.17) is 0 Å². The number of nitrogens with zero attached hydrogens (tertiary/aromatic N) is 1. The second kappa shape index (κ2) is 9.00. The van der Waals surface area contributed by atoms with Crippen molar-refractivity contribution in [1.29, 1.82) is 0 Å². The minimum Gasteiger partial charge on any atom is -0.325 e. The number of hydrogen-bond donors (Lipinski definition) is 3. The molecule has 0 spiro atoms. The van der Waals surface area contributed by atoms with E-state index in [1.165, 1.54) is 11.8 Å². The molecule has 0 radical (unpaired) electrons. The predicted octanol–water partition coefficient (Wildman–Crippen LogP) is 4.05. The Balaban J connectivity index is 1.59. The van der Waals surface area contributed by atoms with Crippen molar-refractivity contribution in [3.05, 3.63) is 80.6 Å². The molecule has 0 bridgehead atoms. The molecule has 3 aromatic rings. The van der Waals surface area contributed by atoms with E-state index in [2.05, 4.69) is 20.6 Å². The summed E-state index contributed by atoms with van der Waals surface area (Å²) in [5, 5.41) is 5.91. The van der Waals surface area contributed by atoms with Crippen LogP contribution in [0.15, 0.2) is 52.4 Å². The molecular formula is C24H24N4O3S. The van der Waals surface area contributed by atoms with Crippen LogP contribution in [0.5, 0.6) is 0 Å². The number of hydrogen-bond acceptors (Lipinski definition) is 5. The molecule has 0 saturated carbocycles. The maximum atomic E-state index is 13.0. The summed E-state index contributed by atoms with van der Waals surface area (Å²) in [5.74, 6) is -0.880. The van der Waals surface area contributed by atoms with Crippen molar-refractivity contribution in [3.8, 4) is 0 Å². The summed E-state index contributed by atoms with van der Waals surface area (Å²) in [6.07, 6.45) is -0.107. The highest BCUT2D eigenvalue weighted by Crippen LogP contribution is 2.31. The first-order valence-corrected chi connectivity index (χ1v) is 11.3. The van der Waals surface area contributed by atoms with Crippen LogP contribution in [-0.2, 0) is 15.3 Å². The SMILES string of the molecule is Cc1ccc(NC(=O)[C@@H]2CC(=O)Nc3nc(SCc4ccccc4C)[nH]c(=O)c32)c(C)c1. The molecule has 2 heterocycles. The predicted molar refractivity (Wildman–Crippen MR) is 126 cm³/mol. The Kier molecular flexibility index (Phi) is 6.14. The number of carbonyl (C=O) groups is 2. The van der Waals surface area contributed by atoms with E-state index in [9.17, 15) is 14.4 Å². The standard InChI is InChI=1S/C24H24N4O3S/c1-13-8-9-18(15(3)10-13)25-22(30)17-11-19(29)26-21-20(17)23(31)28-24(27-21)32-12-16-7-5-4-6-14(16)2/h4-10,17H,11-12H2,1-3H3,(H,25,30)(H2,26,27,28,29,31)/t17-/m1/s1. The number of aromatic amines is 1. The molecule has 32 heavy (non-hydrogen) atoms. The first-order valence-electron chi connectivity index (χ1n) is 10.3. The fourth-order valence-electron chi connectivity index (χ4n) is 3.73. The molecule has 164 valence electrons. The topological polar surface area (TPSA) is 104 Å². The second-order valence-electron chi connectivity index (χ2n) is 7.96. The Labute approximate surface area is 190 Å². The van der Waals surface area contributed by atoms with Crippen molar-refractivity contribution in [1.82, 2.24) is 9.97 Å². The lowest BCUT2D eigenvalue weighted by atomic mass is 9.92. The zero-order chi connectivity index (χ0) is 22.8. The van der Waals surface area contributed by atoms with Crippen LogP contribution in [0.2, 0.25) is 0 Å². The van der Waals surface area contributed by atoms with Crippen LogP contribution in [0.4, 0.5) is 11.5 Å². The third-order valence-corrected chi connectivity index (χ3v) is 6.43. The van der Waals surface area contributed by atoms with E-state index in [0.29, 0.717) is 16.6 Å². The lowest BCUT2D eigenvalue weighted by molar-refractivity contribution is -0.123. The number of H-pyrrole nitrogens is 1. The van der Waals surface area contributed by atoms with E-state index >= 15 is 0 Å². The molecule has 2 amide bonds. The molecule has 0 fully saturated rings. The van der Waals surface area contributed by atoms with Crippen molar-refractivity contribution >= 4 is 35.1 Å². The molecular weight excluding hydrogens is 424 g/mol. The number of aryl methyl sites for hydroxylation is 3. The van der Waals surface area contributed by atoms with Gasteiger partial charge in [0, 0.05) is 17.9 Å². The lowest BCUT2D eigenvalue weighted by Crippen LogP contribution is -2.36. The minimum absolute atomic E-state index is 0.107. The summed E-state index contributed by atoms with van der Waals surface area (Å²) >= 11 is 1.37. The third kappa shape index (κ3) is 4.60. The van der Waals surface area contributed by atoms with Crippen LogP contribution in [0.3, 0.4) is 0 Å². The van der Waals surface area contributed by atoms with Gasteiger partial charge in [0.15, 0.2) is 5.16 Å². The monoisotopic (exact) mass is 448 g/mol. The van der Waals surface area contributed by atoms with Crippen LogP contribution in [0.25, 0.3) is 0 Å². The van der Waals surface area contributed by atoms with Gasteiger partial charge in [-0.1, -0.05) is 53.7 Å². The van der Waals surface area contributed by atoms with E-state index < -0.39 is 17.4 Å². The van der Waals surface area contributed by atoms with Gasteiger partial charge in [0.1, 0.15) is 5.82 Å². The van der Waals surface area contributed by atoms with Crippen molar-refractivity contribution in [2.75, 3.05) is 10.6 Å². The number of rotatable bonds is 5. The lowest BCUT2D eigenvalue weighted by Gasteiger charge is -2.24. The fraction of sp³-hybridized carbons (Fsp3) is 0.250. The number of benzene rings is 2. The Hall–Kier alpha value is -3.39. The van der Waals surface area contributed by atoms with Gasteiger partial charge in [-0.25, -0.2) is 4.98 Å². The number of amides is 2. The first-order chi connectivity index (χ1) is 15.3. The van der Waals surface area contributed by atoms with Gasteiger partial charge in [0.05, 0.1) is 11.5 Å². The quantitative estimate of drug-likeness (QED) is 0.403. The molecule has 0 aliphatic carbocycles. The van der Waals surface area contributed by atoms with Gasteiger partial charge < -0.3 is 15.6 Å². The molecule has 1 aliphatic rings. The van der Waals surface area contributed by atoms with Crippen LogP contribution >= 0.6 is 11.8 Å². The van der Waals surface area contributed by atoms with Gasteiger partial charge in [-0.2, -0.15) is 0 Å². The molecule has 7 nitrogen and oxygen atoms in total. The minimum atomic E-state index is -0.911. The zero-order valence-corrected chi connectivity index (χ0v) is 18.9. The number of thioether (sulfide) groups is 1. The van der Waals surface area contributed by atoms with E-state index in [1.54, 1.807) is 0 Å². The Bertz CT molecular complexity index is 1270. The summed E-state index contributed by atoms with van der Waals surface area (Å²) in [6.45, 7) is 5.90. The molecule has 0 unspecified atom stereocenters. The molecule has 3 N–H and O–H groups in total. The summed E-state index contributed by atoms with van der Waals surface area (Å²) in [7, 11) is 0. The van der Waals surface area contributed by atoms with Crippen LogP contribution in [-0.4, -0.2) is 21.8 Å². The third-order valence-electron chi connectivity index (χ3n) is 5.51. The maximum Gasteiger partial charge on any atom is 0.257 e. The summed E-state index contributed by atoms with van der Waals surface area (Å²) in [6, 6.07) is 13.7. The Morgan fingerprint density at radius 3 is 2.66 bits per heavy atom. The van der Waals surface area contributed by atoms with Crippen molar-refractivity contribution in [2.45, 2.75) is 44.0 Å². The van der Waals surface area contributed by atoms with Crippen LogP contribution in [0, 0.1) is 20.8 Å². The average Bonchev–Trinajstić information content (AvgIpc) is 2.74. The van der Waals surface area contributed by atoms with Gasteiger partial charge in [-0.15, -0.1) is 0 Å². The first kappa shape index (κ1) is 21.8. The largest absolute Gasteiger partial charge is 0.325 e. The van der Waals surface area contributed by atoms with E-state index in [1.807, 2.05) is 63.2 Å². The number of anilines is 2. The van der Waals surface area contributed by atoms with Gasteiger partial charge >= 0.3 is 0 Å². The molecule has 2 aromatic carbocycles. The zero-order valence-electron chi connectivity index (χ0n) is 18.1. The molecule has 8 heteroatoms. The van der Waals surface area contributed by atoms with Crippen molar-refractivity contribution < 1.29 is 9.59 Å². The summed E-state index contributed by atoms with van der Waals surface area (Å²) in [4.78, 5) is 45.4. The molecule has 1 aliphatic heterocycles. The van der Waals surface area contributed by atoms with E-state index in [0.717, 1.165) is 22.3 Å². The van der Waals surface area contributed by atoms with Gasteiger partial charge in [-0.05, 0) is 43.5 Å². The average molecular weight is 449 g/mol. The van der Waals surface area contributed by atoms with Crippen LogP contribution < -0.4 is 16.2 Å².